The van der Waals surface area contributed by atoms with Crippen molar-refractivity contribution in [2.45, 2.75) is 57.0 Å². The van der Waals surface area contributed by atoms with E-state index in [2.05, 4.69) is 5.32 Å². The molecule has 0 amide bonds. The first-order chi connectivity index (χ1) is 16.7. The summed E-state index contributed by atoms with van der Waals surface area (Å²) in [4.78, 5) is 24.9. The third-order valence-corrected chi connectivity index (χ3v) is 7.56. The molecule has 1 fully saturated rings. The summed E-state index contributed by atoms with van der Waals surface area (Å²) in [5, 5.41) is 13.4. The van der Waals surface area contributed by atoms with E-state index in [9.17, 15) is 14.7 Å². The number of rotatable bonds is 6. The number of fused-ring (bicyclic) bond motifs is 1. The topological polar surface area (TPSA) is 107 Å². The molecule has 0 saturated heterocycles. The Hall–Kier alpha value is -3.26. The van der Waals surface area contributed by atoms with Crippen LogP contribution in [-0.2, 0) is 12.0 Å². The Morgan fingerprint density at radius 3 is 2.66 bits per heavy atom. The van der Waals surface area contributed by atoms with E-state index >= 15 is 4.39 Å². The third kappa shape index (κ3) is 3.89. The zero-order chi connectivity index (χ0) is 24.9. The highest BCUT2D eigenvalue weighted by atomic mass is 35.5. The average Bonchev–Trinajstić information content (AvgIpc) is 3.30. The Morgan fingerprint density at radius 1 is 1.31 bits per heavy atom. The van der Waals surface area contributed by atoms with E-state index in [0.29, 0.717) is 17.0 Å². The van der Waals surface area contributed by atoms with E-state index in [1.165, 1.54) is 6.20 Å². The number of carboxylic acids is 1. The largest absolute Gasteiger partial charge is 0.487 e. The SMILES string of the molecule is CC(CCc1ccc(Cl)cc1)Nc1c(F)c(N)c2c(=O)c(C(=O)O)cn3c2c1OCC31CCCC1. The number of nitrogens with zero attached hydrogens (tertiary/aromatic N) is 1. The minimum Gasteiger partial charge on any atom is -0.487 e. The minimum atomic E-state index is -1.36. The fraction of sp³-hybridized carbons (Fsp3) is 0.385. The molecule has 1 spiro atoms. The predicted molar refractivity (Wildman–Crippen MR) is 134 cm³/mol. The van der Waals surface area contributed by atoms with Crippen LogP contribution in [0.15, 0.2) is 35.3 Å². The number of carboxylic acid groups (broad SMARTS) is 1. The first kappa shape index (κ1) is 23.5. The zero-order valence-electron chi connectivity index (χ0n) is 19.4. The molecule has 2 heterocycles. The van der Waals surface area contributed by atoms with Crippen molar-refractivity contribution in [3.05, 3.63) is 62.7 Å². The molecule has 1 aromatic heterocycles. The smallest absolute Gasteiger partial charge is 0.341 e. The Bertz CT molecular complexity index is 1380. The molecule has 1 atom stereocenters. The Balaban J connectivity index is 1.60. The number of anilines is 2. The Morgan fingerprint density at radius 2 is 2.00 bits per heavy atom. The number of nitrogens with one attached hydrogen (secondary N) is 1. The lowest BCUT2D eigenvalue weighted by Gasteiger charge is -2.39. The molecule has 1 unspecified atom stereocenters. The first-order valence-corrected chi connectivity index (χ1v) is 12.2. The molecule has 9 heteroatoms. The van der Waals surface area contributed by atoms with Gasteiger partial charge in [-0.25, -0.2) is 9.18 Å². The number of hydrogen-bond acceptors (Lipinski definition) is 5. The second-order valence-electron chi connectivity index (χ2n) is 9.63. The molecular formula is C26H27ClFN3O4. The van der Waals surface area contributed by atoms with Gasteiger partial charge in [-0.05, 0) is 50.3 Å². The van der Waals surface area contributed by atoms with Gasteiger partial charge in [0, 0.05) is 17.3 Å². The number of aromatic carboxylic acids is 1. The molecule has 5 rings (SSSR count). The molecular weight excluding hydrogens is 473 g/mol. The van der Waals surface area contributed by atoms with Crippen LogP contribution in [0.25, 0.3) is 10.9 Å². The number of pyridine rings is 1. The molecule has 7 nitrogen and oxygen atoms in total. The highest BCUT2D eigenvalue weighted by molar-refractivity contribution is 6.30. The van der Waals surface area contributed by atoms with Gasteiger partial charge in [0.25, 0.3) is 0 Å². The van der Waals surface area contributed by atoms with Crippen LogP contribution >= 0.6 is 11.6 Å². The number of nitrogen functional groups attached to an aromatic ring is 1. The average molecular weight is 500 g/mol. The van der Waals surface area contributed by atoms with Crippen molar-refractivity contribution in [2.24, 2.45) is 0 Å². The molecule has 0 bridgehead atoms. The highest BCUT2D eigenvalue weighted by Gasteiger charge is 2.43. The van der Waals surface area contributed by atoms with Crippen molar-refractivity contribution < 1.29 is 19.0 Å². The first-order valence-electron chi connectivity index (χ1n) is 11.8. The summed E-state index contributed by atoms with van der Waals surface area (Å²) in [5.41, 5.74) is 5.66. The standard InChI is InChI=1S/C26H27ClFN3O4/c1-14(4-5-15-6-8-16(27)9-7-15)30-21-19(28)20(29)18-22-24(21)35-13-26(10-2-3-11-26)31(22)12-17(23(18)32)25(33)34/h6-9,12,14,30H,2-5,10-11,13,29H2,1H3,(H,33,34). The van der Waals surface area contributed by atoms with Gasteiger partial charge in [-0.2, -0.15) is 0 Å². The maximum absolute atomic E-state index is 15.6. The monoisotopic (exact) mass is 499 g/mol. The number of ether oxygens (including phenoxy) is 1. The van der Waals surface area contributed by atoms with Crippen molar-refractivity contribution in [1.82, 2.24) is 4.57 Å². The van der Waals surface area contributed by atoms with E-state index in [1.807, 2.05) is 35.8 Å². The van der Waals surface area contributed by atoms with Crippen LogP contribution in [0.2, 0.25) is 5.02 Å². The summed E-state index contributed by atoms with van der Waals surface area (Å²) in [6, 6.07) is 7.44. The summed E-state index contributed by atoms with van der Waals surface area (Å²) in [6.07, 6.45) is 6.31. The summed E-state index contributed by atoms with van der Waals surface area (Å²) in [5.74, 6) is -1.96. The fourth-order valence-corrected chi connectivity index (χ4v) is 5.52. The second-order valence-corrected chi connectivity index (χ2v) is 10.1. The van der Waals surface area contributed by atoms with Crippen molar-refractivity contribution in [2.75, 3.05) is 17.7 Å². The molecule has 35 heavy (non-hydrogen) atoms. The minimum absolute atomic E-state index is 0.0997. The van der Waals surface area contributed by atoms with E-state index in [1.54, 1.807) is 0 Å². The van der Waals surface area contributed by atoms with Crippen molar-refractivity contribution in [1.29, 1.82) is 0 Å². The van der Waals surface area contributed by atoms with E-state index < -0.39 is 28.3 Å². The van der Waals surface area contributed by atoms with E-state index in [-0.39, 0.29) is 35.2 Å². The summed E-state index contributed by atoms with van der Waals surface area (Å²) >= 11 is 5.96. The van der Waals surface area contributed by atoms with Gasteiger partial charge in [-0.3, -0.25) is 4.79 Å². The third-order valence-electron chi connectivity index (χ3n) is 7.31. The van der Waals surface area contributed by atoms with Gasteiger partial charge in [-0.15, -0.1) is 0 Å². The molecule has 4 N–H and O–H groups in total. The summed E-state index contributed by atoms with van der Waals surface area (Å²) in [7, 11) is 0. The number of carbonyl (C=O) groups is 1. The molecule has 1 aliphatic heterocycles. The predicted octanol–water partition coefficient (Wildman–Crippen LogP) is 5.17. The van der Waals surface area contributed by atoms with Crippen molar-refractivity contribution in [3.8, 4) is 5.75 Å². The fourth-order valence-electron chi connectivity index (χ4n) is 5.39. The highest BCUT2D eigenvalue weighted by Crippen LogP contribution is 2.49. The Labute approximate surface area is 206 Å². The molecule has 3 aromatic rings. The van der Waals surface area contributed by atoms with Gasteiger partial charge in [-0.1, -0.05) is 36.6 Å². The lowest BCUT2D eigenvalue weighted by atomic mass is 9.93. The van der Waals surface area contributed by atoms with Gasteiger partial charge in [0.2, 0.25) is 5.43 Å². The second kappa shape index (κ2) is 8.75. The lowest BCUT2D eigenvalue weighted by Crippen LogP contribution is -2.42. The van der Waals surface area contributed by atoms with E-state index in [4.69, 9.17) is 22.1 Å². The van der Waals surface area contributed by atoms with Gasteiger partial charge >= 0.3 is 5.97 Å². The summed E-state index contributed by atoms with van der Waals surface area (Å²) in [6.45, 7) is 2.21. The van der Waals surface area contributed by atoms with E-state index in [0.717, 1.165) is 37.7 Å². The molecule has 1 saturated carbocycles. The van der Waals surface area contributed by atoms with Crippen LogP contribution in [0.5, 0.6) is 5.75 Å². The number of aryl methyl sites for hydroxylation is 1. The van der Waals surface area contributed by atoms with Crippen LogP contribution in [0.3, 0.4) is 0 Å². The number of benzene rings is 2. The van der Waals surface area contributed by atoms with Crippen LogP contribution < -0.4 is 21.2 Å². The Kier molecular flexibility index (Phi) is 5.87. The number of aromatic nitrogens is 1. The molecule has 2 aliphatic rings. The molecule has 184 valence electrons. The van der Waals surface area contributed by atoms with Gasteiger partial charge in [0.1, 0.15) is 17.9 Å². The van der Waals surface area contributed by atoms with Gasteiger partial charge in [0.05, 0.1) is 22.1 Å². The maximum atomic E-state index is 15.6. The lowest BCUT2D eigenvalue weighted by molar-refractivity contribution is 0.0692. The number of nitrogens with two attached hydrogens (primary N) is 1. The number of halogens is 2. The number of hydrogen-bond donors (Lipinski definition) is 3. The van der Waals surface area contributed by atoms with Gasteiger partial charge in [0.15, 0.2) is 11.6 Å². The van der Waals surface area contributed by atoms with Crippen LogP contribution in [0, 0.1) is 5.82 Å². The van der Waals surface area contributed by atoms with Crippen LogP contribution in [0.1, 0.15) is 54.9 Å². The molecule has 1 aliphatic carbocycles. The molecule has 0 radical (unpaired) electrons. The zero-order valence-corrected chi connectivity index (χ0v) is 20.1. The van der Waals surface area contributed by atoms with Crippen molar-refractivity contribution >= 4 is 39.8 Å². The van der Waals surface area contributed by atoms with Crippen molar-refractivity contribution in [3.63, 3.8) is 0 Å². The molecule has 2 aromatic carbocycles. The summed E-state index contributed by atoms with van der Waals surface area (Å²) < 4.78 is 23.6. The maximum Gasteiger partial charge on any atom is 0.341 e. The van der Waals surface area contributed by atoms with Gasteiger partial charge < -0.3 is 25.5 Å². The van der Waals surface area contributed by atoms with Crippen LogP contribution in [0.4, 0.5) is 15.8 Å². The normalized spacial score (nSPS) is 16.9. The van der Waals surface area contributed by atoms with Crippen LogP contribution in [-0.4, -0.2) is 28.3 Å². The quantitative estimate of drug-likeness (QED) is 0.404.